The van der Waals surface area contributed by atoms with Crippen LogP contribution >= 0.6 is 0 Å². The van der Waals surface area contributed by atoms with Gasteiger partial charge in [-0.05, 0) is 29.3 Å². The van der Waals surface area contributed by atoms with Crippen molar-refractivity contribution in [2.75, 3.05) is 4.90 Å². The fourth-order valence-electron chi connectivity index (χ4n) is 2.97. The van der Waals surface area contributed by atoms with Crippen LogP contribution in [0, 0.1) is 11.7 Å². The number of carbonyl (C=O) groups excluding carboxylic acids is 1. The average molecular weight is 303 g/mol. The van der Waals surface area contributed by atoms with Gasteiger partial charge in [-0.25, -0.2) is 4.39 Å². The van der Waals surface area contributed by atoms with Crippen LogP contribution < -0.4 is 4.90 Å². The topological polar surface area (TPSA) is 20.3 Å². The molecule has 0 fully saturated rings. The Balaban J connectivity index is 1.70. The van der Waals surface area contributed by atoms with Crippen LogP contribution in [0.2, 0.25) is 0 Å². The van der Waals surface area contributed by atoms with Crippen LogP contribution in [-0.2, 0) is 4.79 Å². The highest BCUT2D eigenvalue weighted by Crippen LogP contribution is 2.34. The minimum Gasteiger partial charge on any atom is -0.287 e. The molecule has 2 aliphatic rings. The van der Waals surface area contributed by atoms with Gasteiger partial charge in [-0.3, -0.25) is 9.69 Å². The number of hydrogen-bond donors (Lipinski definition) is 0. The lowest BCUT2D eigenvalue weighted by Gasteiger charge is -2.16. The van der Waals surface area contributed by atoms with Gasteiger partial charge in [0, 0.05) is 11.8 Å². The maximum absolute atomic E-state index is 14.5. The Morgan fingerprint density at radius 3 is 2.57 bits per heavy atom. The maximum atomic E-state index is 14.5. The van der Waals surface area contributed by atoms with E-state index >= 15 is 0 Å². The first-order valence-electron chi connectivity index (χ1n) is 7.49. The Labute approximate surface area is 133 Å². The minimum atomic E-state index is -0.333. The van der Waals surface area contributed by atoms with E-state index in [4.69, 9.17) is 0 Å². The second-order valence-electron chi connectivity index (χ2n) is 5.59. The van der Waals surface area contributed by atoms with Crippen molar-refractivity contribution in [3.63, 3.8) is 0 Å². The lowest BCUT2D eigenvalue weighted by atomic mass is 9.97. The third-order valence-electron chi connectivity index (χ3n) is 4.16. The Morgan fingerprint density at radius 1 is 1.00 bits per heavy atom. The summed E-state index contributed by atoms with van der Waals surface area (Å²) in [5.41, 5.74) is 2.84. The number of amides is 1. The Bertz CT molecular complexity index is 864. The molecule has 1 amide bonds. The van der Waals surface area contributed by atoms with Crippen LogP contribution in [0.25, 0.3) is 11.1 Å². The molecule has 0 saturated heterocycles. The third kappa shape index (κ3) is 2.30. The van der Waals surface area contributed by atoms with Crippen molar-refractivity contribution in [2.45, 2.75) is 0 Å². The van der Waals surface area contributed by atoms with Crippen LogP contribution in [0.5, 0.6) is 0 Å². The molecule has 4 rings (SSSR count). The summed E-state index contributed by atoms with van der Waals surface area (Å²) in [6.45, 7) is 0. The van der Waals surface area contributed by atoms with Gasteiger partial charge in [0.2, 0.25) is 5.91 Å². The summed E-state index contributed by atoms with van der Waals surface area (Å²) < 4.78 is 14.5. The molecule has 0 radical (unpaired) electrons. The lowest BCUT2D eigenvalue weighted by molar-refractivity contribution is -0.118. The summed E-state index contributed by atoms with van der Waals surface area (Å²) in [6.07, 6.45) is 9.32. The van der Waals surface area contributed by atoms with Crippen molar-refractivity contribution in [1.29, 1.82) is 0 Å². The van der Waals surface area contributed by atoms with Gasteiger partial charge < -0.3 is 0 Å². The standard InChI is InChI=1S/C20H14FNO/c21-19-12-16(10-11-17(19)14-6-2-1-3-7-14)22-13-15-8-4-5-9-18(15)20(22)23/h1-13,18H. The van der Waals surface area contributed by atoms with Crippen molar-refractivity contribution >= 4 is 11.6 Å². The fraction of sp³-hybridized carbons (Fsp3) is 0.0500. The summed E-state index contributed by atoms with van der Waals surface area (Å²) in [5.74, 6) is -0.634. The highest BCUT2D eigenvalue weighted by Gasteiger charge is 2.32. The monoisotopic (exact) mass is 303 g/mol. The van der Waals surface area contributed by atoms with Crippen LogP contribution in [-0.4, -0.2) is 5.91 Å². The quantitative estimate of drug-likeness (QED) is 0.802. The van der Waals surface area contributed by atoms with Gasteiger partial charge in [-0.15, -0.1) is 0 Å². The molecule has 112 valence electrons. The smallest absolute Gasteiger partial charge is 0.242 e. The summed E-state index contributed by atoms with van der Waals surface area (Å²) >= 11 is 0. The number of allylic oxidation sites excluding steroid dienone is 3. The number of nitrogens with zero attached hydrogens (tertiary/aromatic N) is 1. The van der Waals surface area contributed by atoms with Gasteiger partial charge in [0.1, 0.15) is 5.82 Å². The molecule has 1 aliphatic heterocycles. The number of hydrogen-bond acceptors (Lipinski definition) is 1. The molecule has 2 aromatic carbocycles. The SMILES string of the molecule is O=C1C2C=CC=CC2=CN1c1ccc(-c2ccccc2)c(F)c1. The highest BCUT2D eigenvalue weighted by molar-refractivity contribution is 6.03. The van der Waals surface area contributed by atoms with E-state index in [9.17, 15) is 9.18 Å². The van der Waals surface area contributed by atoms with E-state index in [1.54, 1.807) is 18.3 Å². The molecule has 0 aromatic heterocycles. The Morgan fingerprint density at radius 2 is 1.83 bits per heavy atom. The molecule has 1 unspecified atom stereocenters. The number of benzene rings is 2. The molecule has 23 heavy (non-hydrogen) atoms. The molecule has 2 aromatic rings. The van der Waals surface area contributed by atoms with Gasteiger partial charge in [0.25, 0.3) is 0 Å². The Hall–Kier alpha value is -2.94. The van der Waals surface area contributed by atoms with E-state index in [2.05, 4.69) is 0 Å². The fourth-order valence-corrected chi connectivity index (χ4v) is 2.97. The maximum Gasteiger partial charge on any atom is 0.242 e. The molecular formula is C20H14FNO. The normalized spacial score (nSPS) is 19.0. The van der Waals surface area contributed by atoms with Crippen LogP contribution in [0.4, 0.5) is 10.1 Å². The van der Waals surface area contributed by atoms with Gasteiger partial charge in [0.05, 0.1) is 11.6 Å². The first-order valence-corrected chi connectivity index (χ1v) is 7.49. The molecule has 1 aliphatic carbocycles. The van der Waals surface area contributed by atoms with Gasteiger partial charge in [-0.2, -0.15) is 0 Å². The molecule has 1 atom stereocenters. The summed E-state index contributed by atoms with van der Waals surface area (Å²) in [7, 11) is 0. The minimum absolute atomic E-state index is 0.0486. The van der Waals surface area contributed by atoms with Crippen LogP contribution in [0.1, 0.15) is 0 Å². The summed E-state index contributed by atoms with van der Waals surface area (Å²) in [5, 5.41) is 0. The first-order chi connectivity index (χ1) is 11.2. The van der Waals surface area contributed by atoms with Crippen LogP contribution in [0.15, 0.2) is 84.6 Å². The third-order valence-corrected chi connectivity index (χ3v) is 4.16. The summed E-state index contributed by atoms with van der Waals surface area (Å²) in [4.78, 5) is 14.0. The first kappa shape index (κ1) is 13.7. The largest absolute Gasteiger partial charge is 0.287 e. The van der Waals surface area contributed by atoms with E-state index < -0.39 is 0 Å². The lowest BCUT2D eigenvalue weighted by Crippen LogP contribution is -2.25. The van der Waals surface area contributed by atoms with Crippen molar-refractivity contribution < 1.29 is 9.18 Å². The molecule has 0 spiro atoms. The molecule has 0 N–H and O–H groups in total. The van der Waals surface area contributed by atoms with Crippen molar-refractivity contribution in [1.82, 2.24) is 0 Å². The average Bonchev–Trinajstić information content (AvgIpc) is 2.93. The second kappa shape index (κ2) is 5.36. The highest BCUT2D eigenvalue weighted by atomic mass is 19.1. The molecule has 2 nitrogen and oxygen atoms in total. The summed E-state index contributed by atoms with van der Waals surface area (Å²) in [6, 6.07) is 14.3. The number of carbonyl (C=O) groups is 1. The van der Waals surface area contributed by atoms with Crippen LogP contribution in [0.3, 0.4) is 0 Å². The number of fused-ring (bicyclic) bond motifs is 1. The molecule has 3 heteroatoms. The van der Waals surface area contributed by atoms with E-state index in [0.29, 0.717) is 11.3 Å². The predicted molar refractivity (Wildman–Crippen MR) is 89.2 cm³/mol. The van der Waals surface area contributed by atoms with Gasteiger partial charge in [-0.1, -0.05) is 54.6 Å². The molecule has 0 saturated carbocycles. The molecular weight excluding hydrogens is 289 g/mol. The van der Waals surface area contributed by atoms with Gasteiger partial charge >= 0.3 is 0 Å². The molecule has 0 bridgehead atoms. The zero-order chi connectivity index (χ0) is 15.8. The number of rotatable bonds is 2. The van der Waals surface area contributed by atoms with E-state index in [-0.39, 0.29) is 17.6 Å². The van der Waals surface area contributed by atoms with Crippen molar-refractivity contribution in [3.8, 4) is 11.1 Å². The molecule has 1 heterocycles. The predicted octanol–water partition coefficient (Wildman–Crippen LogP) is 4.47. The van der Waals surface area contributed by atoms with E-state index in [0.717, 1.165) is 11.1 Å². The Kier molecular flexibility index (Phi) is 3.19. The van der Waals surface area contributed by atoms with E-state index in [1.807, 2.05) is 54.6 Å². The van der Waals surface area contributed by atoms with Gasteiger partial charge in [0.15, 0.2) is 0 Å². The van der Waals surface area contributed by atoms with Crippen molar-refractivity contribution in [3.05, 3.63) is 90.4 Å². The van der Waals surface area contributed by atoms with E-state index in [1.165, 1.54) is 11.0 Å². The second-order valence-corrected chi connectivity index (χ2v) is 5.59. The zero-order valence-electron chi connectivity index (χ0n) is 12.3. The number of anilines is 1. The van der Waals surface area contributed by atoms with Crippen molar-refractivity contribution in [2.24, 2.45) is 5.92 Å². The number of halogens is 1. The zero-order valence-corrected chi connectivity index (χ0v) is 12.3.